The van der Waals surface area contributed by atoms with Crippen molar-refractivity contribution in [2.45, 2.75) is 31.6 Å². The van der Waals surface area contributed by atoms with E-state index in [4.69, 9.17) is 0 Å². The highest BCUT2D eigenvalue weighted by atomic mass is 79.9. The van der Waals surface area contributed by atoms with Crippen LogP contribution in [0.1, 0.15) is 25.3 Å². The van der Waals surface area contributed by atoms with Crippen molar-refractivity contribution in [3.05, 3.63) is 34.1 Å². The topological polar surface area (TPSA) is 46.2 Å². The Kier molecular flexibility index (Phi) is 4.08. The zero-order chi connectivity index (χ0) is 13.3. The predicted octanol–water partition coefficient (Wildman–Crippen LogP) is 2.81. The van der Waals surface area contributed by atoms with E-state index in [-0.39, 0.29) is 17.4 Å². The Balaban J connectivity index is 2.06. The molecule has 0 unspecified atom stereocenters. The Labute approximate surface area is 115 Å². The van der Waals surface area contributed by atoms with Gasteiger partial charge in [0.25, 0.3) is 0 Å². The average Bonchev–Trinajstić information content (AvgIpc) is 3.05. The summed E-state index contributed by atoms with van der Waals surface area (Å²) in [4.78, 5) is 0. The zero-order valence-corrected chi connectivity index (χ0v) is 12.4. The van der Waals surface area contributed by atoms with Gasteiger partial charge in [-0.1, -0.05) is 22.0 Å². The van der Waals surface area contributed by atoms with E-state index in [9.17, 15) is 12.8 Å². The Morgan fingerprint density at radius 2 is 2.17 bits per heavy atom. The van der Waals surface area contributed by atoms with Gasteiger partial charge in [-0.2, -0.15) is 0 Å². The lowest BCUT2D eigenvalue weighted by Crippen LogP contribution is -2.35. The summed E-state index contributed by atoms with van der Waals surface area (Å²) < 4.78 is 40.5. The summed E-state index contributed by atoms with van der Waals surface area (Å²) >= 11 is 3.14. The van der Waals surface area contributed by atoms with Gasteiger partial charge in [-0.15, -0.1) is 0 Å². The molecule has 0 amide bonds. The summed E-state index contributed by atoms with van der Waals surface area (Å²) in [5.41, 5.74) is 0.189. The quantitative estimate of drug-likeness (QED) is 0.899. The first-order chi connectivity index (χ1) is 8.37. The molecule has 0 radical (unpaired) electrons. The smallest absolute Gasteiger partial charge is 0.212 e. The van der Waals surface area contributed by atoms with Crippen LogP contribution in [0, 0.1) is 11.7 Å². The van der Waals surface area contributed by atoms with Gasteiger partial charge in [0, 0.05) is 16.1 Å². The lowest BCUT2D eigenvalue weighted by Gasteiger charge is -2.13. The van der Waals surface area contributed by atoms with Gasteiger partial charge in [-0.3, -0.25) is 0 Å². The fourth-order valence-corrected chi connectivity index (χ4v) is 3.68. The van der Waals surface area contributed by atoms with Gasteiger partial charge in [-0.25, -0.2) is 17.5 Å². The largest absolute Gasteiger partial charge is 0.216 e. The molecule has 6 heteroatoms. The molecule has 1 aromatic carbocycles. The molecule has 18 heavy (non-hydrogen) atoms. The minimum absolute atomic E-state index is 0.0616. The molecule has 1 fully saturated rings. The second kappa shape index (κ2) is 5.27. The van der Waals surface area contributed by atoms with Crippen LogP contribution in [-0.4, -0.2) is 14.5 Å². The van der Waals surface area contributed by atoms with Crippen molar-refractivity contribution in [3.63, 3.8) is 0 Å². The number of sulfonamides is 1. The number of nitrogens with one attached hydrogen (secondary N) is 1. The minimum atomic E-state index is -3.48. The van der Waals surface area contributed by atoms with Crippen molar-refractivity contribution in [2.75, 3.05) is 0 Å². The number of hydrogen-bond acceptors (Lipinski definition) is 2. The lowest BCUT2D eigenvalue weighted by atomic mass is 10.2. The second-order valence-electron chi connectivity index (χ2n) is 4.74. The van der Waals surface area contributed by atoms with Gasteiger partial charge in [0.2, 0.25) is 10.0 Å². The molecule has 1 atom stereocenters. The van der Waals surface area contributed by atoms with E-state index in [1.54, 1.807) is 6.07 Å². The normalized spacial score (nSPS) is 17.7. The van der Waals surface area contributed by atoms with Gasteiger partial charge >= 0.3 is 0 Å². The van der Waals surface area contributed by atoms with Crippen LogP contribution in [0.15, 0.2) is 22.7 Å². The van der Waals surface area contributed by atoms with Gasteiger partial charge in [0.15, 0.2) is 0 Å². The molecular weight excluding hydrogens is 321 g/mol. The lowest BCUT2D eigenvalue weighted by molar-refractivity contribution is 0.535. The number of benzene rings is 1. The fraction of sp³-hybridized carbons (Fsp3) is 0.500. The van der Waals surface area contributed by atoms with E-state index in [0.29, 0.717) is 10.4 Å². The molecule has 0 aliphatic heterocycles. The molecule has 1 N–H and O–H groups in total. The minimum Gasteiger partial charge on any atom is -0.212 e. The van der Waals surface area contributed by atoms with E-state index in [1.165, 1.54) is 12.1 Å². The molecule has 0 bridgehead atoms. The van der Waals surface area contributed by atoms with E-state index in [1.807, 2.05) is 6.92 Å². The molecule has 2 rings (SSSR count). The van der Waals surface area contributed by atoms with Crippen LogP contribution >= 0.6 is 15.9 Å². The maximum absolute atomic E-state index is 13.6. The summed E-state index contributed by atoms with van der Waals surface area (Å²) in [6.07, 6.45) is 2.13. The number of hydrogen-bond donors (Lipinski definition) is 1. The van der Waals surface area contributed by atoms with Crippen molar-refractivity contribution >= 4 is 26.0 Å². The summed E-state index contributed by atoms with van der Waals surface area (Å²) in [5.74, 6) is -0.383. The predicted molar refractivity (Wildman–Crippen MR) is 72.0 cm³/mol. The molecule has 100 valence electrons. The third-order valence-corrected chi connectivity index (χ3v) is 4.97. The summed E-state index contributed by atoms with van der Waals surface area (Å²) in [5, 5.41) is 0. The van der Waals surface area contributed by atoms with Crippen molar-refractivity contribution in [2.24, 2.45) is 5.92 Å². The van der Waals surface area contributed by atoms with E-state index in [2.05, 4.69) is 20.7 Å². The van der Waals surface area contributed by atoms with Crippen LogP contribution in [0.2, 0.25) is 0 Å². The average molecular weight is 336 g/mol. The first kappa shape index (κ1) is 14.0. The molecule has 0 aromatic heterocycles. The summed E-state index contributed by atoms with van der Waals surface area (Å²) in [6, 6.07) is 4.34. The van der Waals surface area contributed by atoms with Gasteiger partial charge in [-0.05, 0) is 37.8 Å². The van der Waals surface area contributed by atoms with Gasteiger partial charge < -0.3 is 0 Å². The third kappa shape index (κ3) is 3.76. The second-order valence-corrected chi connectivity index (χ2v) is 7.41. The van der Waals surface area contributed by atoms with Crippen LogP contribution in [-0.2, 0) is 15.8 Å². The highest BCUT2D eigenvalue weighted by molar-refractivity contribution is 9.10. The van der Waals surface area contributed by atoms with E-state index < -0.39 is 15.8 Å². The van der Waals surface area contributed by atoms with E-state index in [0.717, 1.165) is 12.8 Å². The fourth-order valence-electron chi connectivity index (χ4n) is 1.86. The maximum atomic E-state index is 13.6. The molecule has 0 spiro atoms. The Bertz CT molecular complexity index is 543. The highest BCUT2D eigenvalue weighted by Crippen LogP contribution is 2.32. The van der Waals surface area contributed by atoms with Gasteiger partial charge in [0.1, 0.15) is 5.82 Å². The van der Waals surface area contributed by atoms with Gasteiger partial charge in [0.05, 0.1) is 5.75 Å². The molecule has 0 heterocycles. The third-order valence-electron chi connectivity index (χ3n) is 3.06. The van der Waals surface area contributed by atoms with Crippen LogP contribution in [0.4, 0.5) is 4.39 Å². The standard InChI is InChI=1S/C12H15BrFNO2S/c1-8(9-2-3-9)15-18(16,17)7-10-4-5-11(13)6-12(10)14/h4-6,8-9,15H,2-3,7H2,1H3/t8-/m1/s1. The molecule has 1 aliphatic rings. The number of rotatable bonds is 5. The SMILES string of the molecule is C[C@@H](NS(=O)(=O)Cc1ccc(Br)cc1F)C1CC1. The Morgan fingerprint density at radius 3 is 2.72 bits per heavy atom. The highest BCUT2D eigenvalue weighted by Gasteiger charge is 2.30. The molecule has 1 aliphatic carbocycles. The first-order valence-electron chi connectivity index (χ1n) is 5.81. The first-order valence-corrected chi connectivity index (χ1v) is 8.26. The van der Waals surface area contributed by atoms with Crippen molar-refractivity contribution in [3.8, 4) is 0 Å². The van der Waals surface area contributed by atoms with Crippen molar-refractivity contribution in [1.29, 1.82) is 0 Å². The molecule has 0 saturated heterocycles. The Hall–Kier alpha value is -0.460. The zero-order valence-electron chi connectivity index (χ0n) is 9.99. The molecule has 3 nitrogen and oxygen atoms in total. The van der Waals surface area contributed by atoms with Crippen LogP contribution in [0.25, 0.3) is 0 Å². The van der Waals surface area contributed by atoms with Crippen LogP contribution in [0.5, 0.6) is 0 Å². The van der Waals surface area contributed by atoms with Crippen molar-refractivity contribution < 1.29 is 12.8 Å². The maximum Gasteiger partial charge on any atom is 0.216 e. The van der Waals surface area contributed by atoms with Crippen molar-refractivity contribution in [1.82, 2.24) is 4.72 Å². The van der Waals surface area contributed by atoms with Crippen LogP contribution < -0.4 is 4.72 Å². The van der Waals surface area contributed by atoms with E-state index >= 15 is 0 Å². The Morgan fingerprint density at radius 1 is 1.50 bits per heavy atom. The molecular formula is C12H15BrFNO2S. The summed E-state index contributed by atoms with van der Waals surface area (Å²) in [6.45, 7) is 1.85. The van der Waals surface area contributed by atoms with Crippen LogP contribution in [0.3, 0.4) is 0 Å². The monoisotopic (exact) mass is 335 g/mol. The molecule has 1 saturated carbocycles. The molecule has 1 aromatic rings. The summed E-state index contributed by atoms with van der Waals surface area (Å²) in [7, 11) is -3.48. The number of halogens is 2.